The minimum Gasteiger partial charge on any atom is -0.349 e. The average molecular weight is 469 g/mol. The van der Waals surface area contributed by atoms with E-state index in [4.69, 9.17) is 9.47 Å². The minimum absolute atomic E-state index is 0.00344. The van der Waals surface area contributed by atoms with Gasteiger partial charge in [0.25, 0.3) is 0 Å². The molecule has 34 heavy (non-hydrogen) atoms. The molecular formula is C30H44O4. The van der Waals surface area contributed by atoms with E-state index in [0.29, 0.717) is 59.9 Å². The molecule has 0 radical (unpaired) electrons. The van der Waals surface area contributed by atoms with Gasteiger partial charge in [0, 0.05) is 31.1 Å². The molecule has 5 fully saturated rings. The monoisotopic (exact) mass is 468 g/mol. The van der Waals surface area contributed by atoms with Crippen molar-refractivity contribution in [3.8, 4) is 0 Å². The molecule has 6 aliphatic rings. The van der Waals surface area contributed by atoms with Crippen LogP contribution in [0.5, 0.6) is 0 Å². The maximum atomic E-state index is 14.1. The van der Waals surface area contributed by atoms with Crippen LogP contribution in [-0.4, -0.2) is 30.1 Å². The van der Waals surface area contributed by atoms with Crippen LogP contribution >= 0.6 is 0 Å². The van der Waals surface area contributed by atoms with Gasteiger partial charge in [-0.25, -0.2) is 0 Å². The number of rotatable bonds is 1. The molecule has 0 aromatic carbocycles. The molecule has 6 rings (SSSR count). The Hall–Kier alpha value is -1.00. The Kier molecular flexibility index (Phi) is 5.17. The lowest BCUT2D eigenvalue weighted by Crippen LogP contribution is -2.57. The van der Waals surface area contributed by atoms with Gasteiger partial charge in [-0.1, -0.05) is 47.6 Å². The van der Waals surface area contributed by atoms with Crippen molar-refractivity contribution in [3.05, 3.63) is 11.6 Å². The molecule has 0 amide bonds. The Labute approximate surface area is 205 Å². The zero-order chi connectivity index (χ0) is 24.2. The minimum atomic E-state index is -0.433. The van der Waals surface area contributed by atoms with Gasteiger partial charge in [-0.15, -0.1) is 0 Å². The molecule has 0 N–H and O–H groups in total. The van der Waals surface area contributed by atoms with Gasteiger partial charge in [0.1, 0.15) is 5.78 Å². The summed E-state index contributed by atoms with van der Waals surface area (Å²) in [5.74, 6) is 3.20. The lowest BCUT2D eigenvalue weighted by molar-refractivity contribution is -0.272. The Bertz CT molecular complexity index is 926. The van der Waals surface area contributed by atoms with Gasteiger partial charge in [-0.2, -0.15) is 0 Å². The van der Waals surface area contributed by atoms with E-state index in [1.165, 1.54) is 0 Å². The highest BCUT2D eigenvalue weighted by molar-refractivity contribution is 5.97. The third kappa shape index (κ3) is 2.97. The van der Waals surface area contributed by atoms with E-state index in [2.05, 4.69) is 47.6 Å². The summed E-state index contributed by atoms with van der Waals surface area (Å²) in [7, 11) is 0. The molecule has 2 aliphatic heterocycles. The lowest BCUT2D eigenvalue weighted by Gasteiger charge is -2.58. The number of hydrogen-bond donors (Lipinski definition) is 0. The Balaban J connectivity index is 1.33. The Morgan fingerprint density at radius 3 is 2.53 bits per heavy atom. The van der Waals surface area contributed by atoms with Gasteiger partial charge < -0.3 is 9.47 Å². The fourth-order valence-corrected chi connectivity index (χ4v) is 10.1. The number of carbonyl (C=O) groups is 2. The number of fused-ring (bicyclic) bond motifs is 7. The Morgan fingerprint density at radius 1 is 1.09 bits per heavy atom. The van der Waals surface area contributed by atoms with Gasteiger partial charge in [0.2, 0.25) is 0 Å². The van der Waals surface area contributed by atoms with Gasteiger partial charge in [0.15, 0.2) is 11.6 Å². The average Bonchev–Trinajstić information content (AvgIpc) is 3.20. The summed E-state index contributed by atoms with van der Waals surface area (Å²) in [6, 6.07) is 0. The molecule has 4 nitrogen and oxygen atoms in total. The fraction of sp³-hybridized carbons (Fsp3) is 0.867. The SMILES string of the molecule is CC(C)C1=C[C@@]2(C)[C@@H](CC[C@@H]3[C@@H]2C(=O)C[C@]2(C)[C@@H]4[C@H](C[C@@H]32)O[C@]2(CC[C@@H](C)CO2)[C@H]4C)CC1=O. The quantitative estimate of drug-likeness (QED) is 0.475. The van der Waals surface area contributed by atoms with E-state index in [1.807, 2.05) is 0 Å². The topological polar surface area (TPSA) is 52.6 Å². The third-order valence-corrected chi connectivity index (χ3v) is 11.8. The van der Waals surface area contributed by atoms with Crippen molar-refractivity contribution in [2.75, 3.05) is 6.61 Å². The fourth-order valence-electron chi connectivity index (χ4n) is 10.1. The summed E-state index contributed by atoms with van der Waals surface area (Å²) in [5, 5.41) is 0. The molecule has 1 spiro atoms. The number of hydrogen-bond acceptors (Lipinski definition) is 4. The first kappa shape index (κ1) is 23.4. The van der Waals surface area contributed by atoms with Gasteiger partial charge in [0.05, 0.1) is 12.7 Å². The molecule has 2 saturated heterocycles. The summed E-state index contributed by atoms with van der Waals surface area (Å²) in [6.45, 7) is 14.4. The smallest absolute Gasteiger partial charge is 0.171 e. The van der Waals surface area contributed by atoms with E-state index >= 15 is 0 Å². The van der Waals surface area contributed by atoms with Crippen LogP contribution in [0.25, 0.3) is 0 Å². The molecule has 4 heteroatoms. The molecule has 4 aliphatic carbocycles. The summed E-state index contributed by atoms with van der Waals surface area (Å²) < 4.78 is 13.3. The molecular weight excluding hydrogens is 424 g/mol. The number of ether oxygens (including phenoxy) is 2. The van der Waals surface area contributed by atoms with Crippen molar-refractivity contribution in [1.82, 2.24) is 0 Å². The van der Waals surface area contributed by atoms with E-state index in [9.17, 15) is 9.59 Å². The van der Waals surface area contributed by atoms with Gasteiger partial charge >= 0.3 is 0 Å². The predicted octanol–water partition coefficient (Wildman–Crippen LogP) is 5.98. The number of allylic oxidation sites excluding steroid dienone is 2. The van der Waals surface area contributed by atoms with Crippen LogP contribution < -0.4 is 0 Å². The summed E-state index contributed by atoms with van der Waals surface area (Å²) >= 11 is 0. The zero-order valence-corrected chi connectivity index (χ0v) is 22.1. The van der Waals surface area contributed by atoms with Gasteiger partial charge in [-0.05, 0) is 77.6 Å². The van der Waals surface area contributed by atoms with Crippen molar-refractivity contribution < 1.29 is 19.1 Å². The molecule has 0 aromatic heterocycles. The van der Waals surface area contributed by atoms with Crippen LogP contribution in [0.1, 0.15) is 86.5 Å². The van der Waals surface area contributed by atoms with E-state index < -0.39 is 5.79 Å². The first-order valence-corrected chi connectivity index (χ1v) is 14.1. The first-order chi connectivity index (χ1) is 16.0. The second kappa shape index (κ2) is 7.51. The standard InChI is InChI=1S/C30H44O4/c1-16(2)21-13-28(5)19(11-23(21)31)7-8-20-22-12-25-26(29(22,6)14-24(32)27(20)28)18(4)30(34-25)10-9-17(3)15-33-30/h13,16-20,22,25-27H,7-12,14-15H2,1-6H3/t17-,18+,19+,20+,22+,25+,26+,27-,28+,29+,30-/m1/s1. The normalized spacial score (nSPS) is 54.5. The molecule has 3 saturated carbocycles. The zero-order valence-electron chi connectivity index (χ0n) is 22.1. The largest absolute Gasteiger partial charge is 0.349 e. The lowest BCUT2D eigenvalue weighted by atomic mass is 9.44. The molecule has 188 valence electrons. The van der Waals surface area contributed by atoms with Crippen LogP contribution in [0.2, 0.25) is 0 Å². The number of ketones is 2. The summed E-state index contributed by atoms with van der Waals surface area (Å²) in [4.78, 5) is 27.0. The highest BCUT2D eigenvalue weighted by Gasteiger charge is 2.70. The highest BCUT2D eigenvalue weighted by atomic mass is 16.7. The van der Waals surface area contributed by atoms with Crippen LogP contribution in [0.3, 0.4) is 0 Å². The van der Waals surface area contributed by atoms with Crippen molar-refractivity contribution >= 4 is 11.6 Å². The van der Waals surface area contributed by atoms with Gasteiger partial charge in [-0.3, -0.25) is 9.59 Å². The first-order valence-electron chi connectivity index (χ1n) is 14.1. The van der Waals surface area contributed by atoms with E-state index in [-0.39, 0.29) is 28.8 Å². The van der Waals surface area contributed by atoms with Crippen molar-refractivity contribution in [2.24, 2.45) is 58.2 Å². The van der Waals surface area contributed by atoms with Crippen molar-refractivity contribution in [1.29, 1.82) is 0 Å². The second-order valence-electron chi connectivity index (χ2n) is 13.9. The maximum Gasteiger partial charge on any atom is 0.171 e. The summed E-state index contributed by atoms with van der Waals surface area (Å²) in [6.07, 6.45) is 9.16. The second-order valence-corrected chi connectivity index (χ2v) is 13.9. The van der Waals surface area contributed by atoms with E-state index in [1.54, 1.807) is 0 Å². The molecule has 0 bridgehead atoms. The van der Waals surface area contributed by atoms with Crippen LogP contribution in [0.4, 0.5) is 0 Å². The third-order valence-electron chi connectivity index (χ3n) is 11.8. The number of carbonyl (C=O) groups excluding carboxylic acids is 2. The molecule has 2 heterocycles. The van der Waals surface area contributed by atoms with Crippen LogP contribution in [-0.2, 0) is 19.1 Å². The maximum absolute atomic E-state index is 14.1. The molecule has 0 aromatic rings. The van der Waals surface area contributed by atoms with Crippen LogP contribution in [0.15, 0.2) is 11.6 Å². The Morgan fingerprint density at radius 2 is 1.85 bits per heavy atom. The van der Waals surface area contributed by atoms with E-state index in [0.717, 1.165) is 44.3 Å². The molecule has 11 atom stereocenters. The summed E-state index contributed by atoms with van der Waals surface area (Å²) in [5.41, 5.74) is 0.783. The number of Topliss-reactive ketones (excluding diaryl/α,β-unsaturated/α-hetero) is 2. The highest BCUT2D eigenvalue weighted by Crippen LogP contribution is 2.70. The van der Waals surface area contributed by atoms with Crippen LogP contribution in [0, 0.1) is 58.2 Å². The predicted molar refractivity (Wildman–Crippen MR) is 131 cm³/mol. The van der Waals surface area contributed by atoms with Crippen molar-refractivity contribution in [3.63, 3.8) is 0 Å². The molecule has 0 unspecified atom stereocenters. The van der Waals surface area contributed by atoms with Crippen molar-refractivity contribution in [2.45, 2.75) is 98.4 Å².